The number of amides is 1. The number of nitrogens with two attached hydrogens (primary N) is 1. The summed E-state index contributed by atoms with van der Waals surface area (Å²) in [5.41, 5.74) is 4.73. The number of carbonyl (C=O) groups is 1. The van der Waals surface area contributed by atoms with Crippen LogP contribution in [0.1, 0.15) is 29.3 Å². The van der Waals surface area contributed by atoms with Crippen LogP contribution in [0.3, 0.4) is 0 Å². The molecule has 21 heavy (non-hydrogen) atoms. The summed E-state index contributed by atoms with van der Waals surface area (Å²) in [6, 6.07) is 2.81. The third-order valence-corrected chi connectivity index (χ3v) is 3.49. The van der Waals surface area contributed by atoms with Crippen molar-refractivity contribution in [3.05, 3.63) is 29.3 Å². The van der Waals surface area contributed by atoms with Crippen LogP contribution in [-0.2, 0) is 10.9 Å². The first kappa shape index (κ1) is 15.6. The van der Waals surface area contributed by atoms with Gasteiger partial charge in [-0.05, 0) is 24.6 Å². The van der Waals surface area contributed by atoms with Gasteiger partial charge >= 0.3 is 6.18 Å². The summed E-state index contributed by atoms with van der Waals surface area (Å²) in [7, 11) is 0. The monoisotopic (exact) mass is 302 g/mol. The molecule has 1 amide bonds. The van der Waals surface area contributed by atoms with Crippen LogP contribution in [0.2, 0.25) is 0 Å². The average molecular weight is 302 g/mol. The van der Waals surface area contributed by atoms with Gasteiger partial charge in [0.2, 0.25) is 0 Å². The smallest absolute Gasteiger partial charge is 0.398 e. The molecule has 0 spiro atoms. The molecule has 0 radical (unpaired) electrons. The summed E-state index contributed by atoms with van der Waals surface area (Å²) in [6.45, 7) is 3.02. The van der Waals surface area contributed by atoms with Crippen molar-refractivity contribution in [2.75, 3.05) is 25.4 Å². The number of nitrogen functional groups attached to an aromatic ring is 1. The van der Waals surface area contributed by atoms with E-state index in [1.807, 2.05) is 6.92 Å². The number of rotatable bonds is 2. The molecule has 1 fully saturated rings. The maximum absolute atomic E-state index is 12.7. The van der Waals surface area contributed by atoms with E-state index in [9.17, 15) is 18.0 Å². The number of morpholine rings is 1. The quantitative estimate of drug-likeness (QED) is 0.854. The molecule has 0 aliphatic carbocycles. The fourth-order valence-corrected chi connectivity index (χ4v) is 2.24. The van der Waals surface area contributed by atoms with Crippen LogP contribution in [0.25, 0.3) is 0 Å². The minimum Gasteiger partial charge on any atom is -0.398 e. The second-order valence-electron chi connectivity index (χ2n) is 4.95. The number of carbonyl (C=O) groups excluding carboxylic acids is 1. The molecule has 0 aromatic heterocycles. The van der Waals surface area contributed by atoms with Gasteiger partial charge in [-0.25, -0.2) is 0 Å². The summed E-state index contributed by atoms with van der Waals surface area (Å²) in [5.74, 6) is -0.486. The normalized spacial score (nSPS) is 19.6. The molecular weight excluding hydrogens is 285 g/mol. The van der Waals surface area contributed by atoms with Crippen LogP contribution in [0.4, 0.5) is 18.9 Å². The number of anilines is 1. The van der Waals surface area contributed by atoms with Gasteiger partial charge in [-0.3, -0.25) is 4.79 Å². The second-order valence-corrected chi connectivity index (χ2v) is 4.95. The minimum absolute atomic E-state index is 0.0486. The summed E-state index contributed by atoms with van der Waals surface area (Å²) in [5, 5.41) is 0. The Morgan fingerprint density at radius 1 is 1.48 bits per heavy atom. The first-order chi connectivity index (χ1) is 9.82. The van der Waals surface area contributed by atoms with Crippen molar-refractivity contribution in [3.63, 3.8) is 0 Å². The third-order valence-electron chi connectivity index (χ3n) is 3.49. The predicted octanol–water partition coefficient (Wildman–Crippen LogP) is 2.54. The zero-order valence-corrected chi connectivity index (χ0v) is 11.6. The Labute approximate surface area is 120 Å². The molecule has 4 nitrogen and oxygen atoms in total. The highest BCUT2D eigenvalue weighted by Crippen LogP contribution is 2.31. The molecule has 1 unspecified atom stereocenters. The van der Waals surface area contributed by atoms with Crippen LogP contribution in [0.5, 0.6) is 0 Å². The highest BCUT2D eigenvalue weighted by molar-refractivity contribution is 5.99. The largest absolute Gasteiger partial charge is 0.416 e. The van der Waals surface area contributed by atoms with E-state index in [0.29, 0.717) is 19.7 Å². The fraction of sp³-hybridized carbons (Fsp3) is 0.500. The van der Waals surface area contributed by atoms with Crippen LogP contribution >= 0.6 is 0 Å². The van der Waals surface area contributed by atoms with E-state index in [1.54, 1.807) is 0 Å². The third kappa shape index (κ3) is 3.47. The Morgan fingerprint density at radius 2 is 2.19 bits per heavy atom. The Bertz CT molecular complexity index is 531. The van der Waals surface area contributed by atoms with Gasteiger partial charge in [0.05, 0.1) is 23.8 Å². The van der Waals surface area contributed by atoms with E-state index < -0.39 is 17.6 Å². The number of ether oxygens (including phenoxy) is 1. The molecule has 2 rings (SSSR count). The van der Waals surface area contributed by atoms with Crippen LogP contribution < -0.4 is 5.73 Å². The van der Waals surface area contributed by atoms with Gasteiger partial charge in [-0.1, -0.05) is 6.92 Å². The van der Waals surface area contributed by atoms with Crippen LogP contribution in [0.15, 0.2) is 18.2 Å². The summed E-state index contributed by atoms with van der Waals surface area (Å²) < 4.78 is 43.7. The highest BCUT2D eigenvalue weighted by atomic mass is 19.4. The molecule has 1 saturated heterocycles. The van der Waals surface area contributed by atoms with Gasteiger partial charge in [0.1, 0.15) is 0 Å². The van der Waals surface area contributed by atoms with Crippen LogP contribution in [0, 0.1) is 0 Å². The Kier molecular flexibility index (Phi) is 4.41. The number of hydrogen-bond acceptors (Lipinski definition) is 3. The maximum Gasteiger partial charge on any atom is 0.416 e. The van der Waals surface area contributed by atoms with Crippen molar-refractivity contribution in [1.82, 2.24) is 4.90 Å². The lowest BCUT2D eigenvalue weighted by Gasteiger charge is -2.32. The van der Waals surface area contributed by atoms with Crippen molar-refractivity contribution < 1.29 is 22.7 Å². The Balaban J connectivity index is 2.26. The molecule has 1 heterocycles. The summed E-state index contributed by atoms with van der Waals surface area (Å²) in [4.78, 5) is 13.9. The van der Waals surface area contributed by atoms with E-state index in [-0.39, 0.29) is 17.4 Å². The van der Waals surface area contributed by atoms with Crippen LogP contribution in [-0.4, -0.2) is 36.6 Å². The molecule has 0 bridgehead atoms. The molecule has 1 aromatic carbocycles. The molecule has 116 valence electrons. The molecule has 1 atom stereocenters. The first-order valence-electron chi connectivity index (χ1n) is 6.70. The molecule has 2 N–H and O–H groups in total. The molecule has 1 aliphatic rings. The van der Waals surface area contributed by atoms with E-state index in [0.717, 1.165) is 24.6 Å². The molecule has 1 aliphatic heterocycles. The topological polar surface area (TPSA) is 55.6 Å². The van der Waals surface area contributed by atoms with Gasteiger partial charge < -0.3 is 15.4 Å². The van der Waals surface area contributed by atoms with Gasteiger partial charge in [0, 0.05) is 18.8 Å². The SMILES string of the molecule is CCC1CN(C(=O)c2cc(C(F)(F)F)ccc2N)CCO1. The Hall–Kier alpha value is -1.76. The predicted molar refractivity (Wildman–Crippen MR) is 71.8 cm³/mol. The van der Waals surface area contributed by atoms with E-state index in [4.69, 9.17) is 10.5 Å². The van der Waals surface area contributed by atoms with Gasteiger partial charge in [0.15, 0.2) is 0 Å². The number of nitrogens with zero attached hydrogens (tertiary/aromatic N) is 1. The Morgan fingerprint density at radius 3 is 2.81 bits per heavy atom. The highest BCUT2D eigenvalue weighted by Gasteiger charge is 2.32. The first-order valence-corrected chi connectivity index (χ1v) is 6.70. The van der Waals surface area contributed by atoms with Gasteiger partial charge in [-0.15, -0.1) is 0 Å². The summed E-state index contributed by atoms with van der Waals surface area (Å²) in [6.07, 6.45) is -3.85. The second kappa shape index (κ2) is 5.93. The van der Waals surface area contributed by atoms with Crippen molar-refractivity contribution >= 4 is 11.6 Å². The molecular formula is C14H17F3N2O2. The number of halogens is 3. The standard InChI is InChI=1S/C14H17F3N2O2/c1-2-10-8-19(5-6-21-10)13(20)11-7-9(14(15,16)17)3-4-12(11)18/h3-4,7,10H,2,5-6,8,18H2,1H3. The lowest BCUT2D eigenvalue weighted by Crippen LogP contribution is -2.45. The number of benzene rings is 1. The zero-order chi connectivity index (χ0) is 15.6. The van der Waals surface area contributed by atoms with E-state index in [1.165, 1.54) is 4.90 Å². The van der Waals surface area contributed by atoms with Crippen molar-refractivity contribution in [1.29, 1.82) is 0 Å². The minimum atomic E-state index is -4.50. The molecule has 1 aromatic rings. The molecule has 7 heteroatoms. The maximum atomic E-state index is 12.7. The van der Waals surface area contributed by atoms with E-state index in [2.05, 4.69) is 0 Å². The van der Waals surface area contributed by atoms with Crippen molar-refractivity contribution in [3.8, 4) is 0 Å². The summed E-state index contributed by atoms with van der Waals surface area (Å²) >= 11 is 0. The van der Waals surface area contributed by atoms with Gasteiger partial charge in [0.25, 0.3) is 5.91 Å². The number of alkyl halides is 3. The van der Waals surface area contributed by atoms with Crippen molar-refractivity contribution in [2.24, 2.45) is 0 Å². The average Bonchev–Trinajstić information content (AvgIpc) is 2.46. The fourth-order valence-electron chi connectivity index (χ4n) is 2.24. The lowest BCUT2D eigenvalue weighted by molar-refractivity contribution is -0.137. The molecule has 0 saturated carbocycles. The lowest BCUT2D eigenvalue weighted by atomic mass is 10.1. The van der Waals surface area contributed by atoms with E-state index >= 15 is 0 Å². The number of hydrogen-bond donors (Lipinski definition) is 1. The van der Waals surface area contributed by atoms with Gasteiger partial charge in [-0.2, -0.15) is 13.2 Å². The van der Waals surface area contributed by atoms with Crippen molar-refractivity contribution in [2.45, 2.75) is 25.6 Å². The zero-order valence-electron chi connectivity index (χ0n) is 11.6.